The van der Waals surface area contributed by atoms with Crippen LogP contribution in [0.4, 0.5) is 0 Å². The topological polar surface area (TPSA) is 55.8 Å². The van der Waals surface area contributed by atoms with E-state index < -0.39 is 17.9 Å². The highest BCUT2D eigenvalue weighted by atomic mass is 35.5. The van der Waals surface area contributed by atoms with Crippen molar-refractivity contribution < 1.29 is 19.4 Å². The average Bonchev–Trinajstić information content (AvgIpc) is 2.67. The molecule has 2 saturated carbocycles. The van der Waals surface area contributed by atoms with Crippen LogP contribution in [0.15, 0.2) is 18.2 Å². The molecule has 0 bridgehead atoms. The molecule has 5 heteroatoms. The predicted octanol–water partition coefficient (Wildman–Crippen LogP) is 7.08. The molecule has 3 aliphatic rings. The first kappa shape index (κ1) is 22.0. The summed E-state index contributed by atoms with van der Waals surface area (Å²) < 4.78 is 12.4. The van der Waals surface area contributed by atoms with Gasteiger partial charge in [0.15, 0.2) is 0 Å². The summed E-state index contributed by atoms with van der Waals surface area (Å²) in [5.74, 6) is 0.189. The maximum Gasteiger partial charge on any atom is 0.373 e. The van der Waals surface area contributed by atoms with Crippen molar-refractivity contribution in [3.63, 3.8) is 0 Å². The first-order chi connectivity index (χ1) is 14.6. The number of halogens is 1. The Hall–Kier alpha value is -1.26. The van der Waals surface area contributed by atoms with Crippen LogP contribution in [0.25, 0.3) is 0 Å². The molecule has 166 valence electrons. The highest BCUT2D eigenvalue weighted by molar-refractivity contribution is 6.30. The zero-order valence-electron chi connectivity index (χ0n) is 17.9. The van der Waals surface area contributed by atoms with Gasteiger partial charge in [-0.1, -0.05) is 75.8 Å². The quantitative estimate of drug-likeness (QED) is 0.552. The van der Waals surface area contributed by atoms with E-state index in [1.807, 2.05) is 12.1 Å². The summed E-state index contributed by atoms with van der Waals surface area (Å²) in [4.78, 5) is 12.1. The van der Waals surface area contributed by atoms with E-state index in [4.69, 9.17) is 21.1 Å². The molecule has 2 aliphatic carbocycles. The van der Waals surface area contributed by atoms with E-state index in [0.29, 0.717) is 22.6 Å². The summed E-state index contributed by atoms with van der Waals surface area (Å²) in [7, 11) is 0. The summed E-state index contributed by atoms with van der Waals surface area (Å²) in [5.41, 5.74) is 0.361. The molecule has 0 amide bonds. The number of hydrogen-bond acceptors (Lipinski definition) is 3. The molecule has 30 heavy (non-hydrogen) atoms. The van der Waals surface area contributed by atoms with Gasteiger partial charge in [0, 0.05) is 10.6 Å². The van der Waals surface area contributed by atoms with Gasteiger partial charge >= 0.3 is 5.97 Å². The van der Waals surface area contributed by atoms with Crippen molar-refractivity contribution in [1.82, 2.24) is 0 Å². The molecule has 2 fully saturated rings. The number of aliphatic carboxylic acids is 1. The van der Waals surface area contributed by atoms with Crippen molar-refractivity contribution in [3.8, 4) is 5.75 Å². The second kappa shape index (κ2) is 9.91. The monoisotopic (exact) mass is 434 g/mol. The van der Waals surface area contributed by atoms with Gasteiger partial charge < -0.3 is 14.6 Å². The van der Waals surface area contributed by atoms with Gasteiger partial charge in [-0.05, 0) is 55.7 Å². The predicted molar refractivity (Wildman–Crippen MR) is 118 cm³/mol. The third-order valence-corrected chi connectivity index (χ3v) is 7.76. The average molecular weight is 435 g/mol. The number of carboxylic acid groups (broad SMARTS) is 1. The van der Waals surface area contributed by atoms with Crippen LogP contribution in [0.1, 0.15) is 95.5 Å². The summed E-state index contributed by atoms with van der Waals surface area (Å²) in [5, 5.41) is 10.5. The number of benzene rings is 1. The van der Waals surface area contributed by atoms with E-state index in [1.165, 1.54) is 64.2 Å². The summed E-state index contributed by atoms with van der Waals surface area (Å²) >= 11 is 6.47. The Morgan fingerprint density at radius 1 is 0.867 bits per heavy atom. The molecule has 1 aliphatic heterocycles. The Morgan fingerprint density at radius 3 is 1.87 bits per heavy atom. The van der Waals surface area contributed by atoms with Crippen LogP contribution < -0.4 is 4.74 Å². The third-order valence-electron chi connectivity index (χ3n) is 7.52. The molecular formula is C25H35ClO4. The molecule has 0 saturated heterocycles. The zero-order valence-corrected chi connectivity index (χ0v) is 18.7. The summed E-state index contributed by atoms with van der Waals surface area (Å²) in [6.45, 7) is 0. The molecule has 1 aromatic carbocycles. The molecule has 1 N–H and O–H groups in total. The molecule has 1 heterocycles. The van der Waals surface area contributed by atoms with Crippen LogP contribution in [-0.4, -0.2) is 17.4 Å². The van der Waals surface area contributed by atoms with Gasteiger partial charge in [-0.15, -0.1) is 0 Å². The lowest BCUT2D eigenvalue weighted by Gasteiger charge is -2.51. The first-order valence-electron chi connectivity index (χ1n) is 12.0. The third kappa shape index (κ3) is 4.50. The van der Waals surface area contributed by atoms with E-state index in [1.54, 1.807) is 6.07 Å². The normalized spacial score (nSPS) is 26.4. The van der Waals surface area contributed by atoms with Crippen molar-refractivity contribution in [2.24, 2.45) is 11.8 Å². The Bertz CT molecular complexity index is 696. The number of ether oxygens (including phenoxy) is 2. The van der Waals surface area contributed by atoms with Crippen molar-refractivity contribution in [2.75, 3.05) is 0 Å². The second-order valence-electron chi connectivity index (χ2n) is 9.42. The van der Waals surface area contributed by atoms with Crippen LogP contribution in [0.2, 0.25) is 5.02 Å². The van der Waals surface area contributed by atoms with Crippen LogP contribution in [0, 0.1) is 11.8 Å². The van der Waals surface area contributed by atoms with Crippen molar-refractivity contribution in [2.45, 2.75) is 102 Å². The smallest absolute Gasteiger partial charge is 0.373 e. The second-order valence-corrected chi connectivity index (χ2v) is 9.86. The maximum atomic E-state index is 12.1. The van der Waals surface area contributed by atoms with Crippen molar-refractivity contribution >= 4 is 17.6 Å². The fourth-order valence-corrected chi connectivity index (χ4v) is 6.30. The Kier molecular flexibility index (Phi) is 7.25. The first-order valence-corrected chi connectivity index (χ1v) is 12.4. The largest absolute Gasteiger partial charge is 0.477 e. The Morgan fingerprint density at radius 2 is 1.37 bits per heavy atom. The van der Waals surface area contributed by atoms with Gasteiger partial charge in [-0.2, -0.15) is 0 Å². The highest BCUT2D eigenvalue weighted by Gasteiger charge is 2.54. The van der Waals surface area contributed by atoms with Gasteiger partial charge in [0.25, 0.3) is 6.29 Å². The Balaban J connectivity index is 1.83. The van der Waals surface area contributed by atoms with E-state index >= 15 is 0 Å². The minimum Gasteiger partial charge on any atom is -0.477 e. The van der Waals surface area contributed by atoms with Gasteiger partial charge in [-0.3, -0.25) is 0 Å². The van der Waals surface area contributed by atoms with E-state index in [-0.39, 0.29) is 0 Å². The minimum absolute atomic E-state index is 0.296. The number of hydrogen-bond donors (Lipinski definition) is 1. The number of carbonyl (C=O) groups is 1. The maximum absolute atomic E-state index is 12.1. The molecule has 1 aromatic rings. The fourth-order valence-electron chi connectivity index (χ4n) is 6.13. The highest BCUT2D eigenvalue weighted by Crippen LogP contribution is 2.55. The van der Waals surface area contributed by atoms with Crippen LogP contribution in [-0.2, 0) is 15.1 Å². The lowest BCUT2D eigenvalue weighted by molar-refractivity contribution is -0.250. The molecule has 1 unspecified atom stereocenters. The zero-order chi connectivity index (χ0) is 21.0. The fraction of sp³-hybridized carbons (Fsp3) is 0.720. The van der Waals surface area contributed by atoms with E-state index in [2.05, 4.69) is 0 Å². The van der Waals surface area contributed by atoms with Gasteiger partial charge in [0.2, 0.25) is 0 Å². The molecular weight excluding hydrogens is 400 g/mol. The van der Waals surface area contributed by atoms with Gasteiger partial charge in [-0.25, -0.2) is 4.79 Å². The summed E-state index contributed by atoms with van der Waals surface area (Å²) in [6, 6.07) is 5.63. The minimum atomic E-state index is -1.26. The lowest BCUT2D eigenvalue weighted by atomic mass is 9.64. The molecule has 0 aromatic heterocycles. The van der Waals surface area contributed by atoms with Gasteiger partial charge in [0.1, 0.15) is 11.4 Å². The SMILES string of the molecule is O=C(O)C1Oc2ccc(Cl)cc2C(C2CCCCCCC2)(C2CCCCCCC2)O1. The van der Waals surface area contributed by atoms with Crippen molar-refractivity contribution in [3.05, 3.63) is 28.8 Å². The van der Waals surface area contributed by atoms with Crippen LogP contribution >= 0.6 is 11.6 Å². The van der Waals surface area contributed by atoms with Crippen LogP contribution in [0.5, 0.6) is 5.75 Å². The number of rotatable bonds is 3. The summed E-state index contributed by atoms with van der Waals surface area (Å²) in [6.07, 6.45) is 15.4. The molecule has 4 rings (SSSR count). The van der Waals surface area contributed by atoms with Gasteiger partial charge in [0.05, 0.1) is 0 Å². The molecule has 0 radical (unpaired) electrons. The van der Waals surface area contributed by atoms with E-state index in [9.17, 15) is 9.90 Å². The lowest BCUT2D eigenvalue weighted by Crippen LogP contribution is -2.53. The van der Waals surface area contributed by atoms with Crippen molar-refractivity contribution in [1.29, 1.82) is 0 Å². The molecule has 4 nitrogen and oxygen atoms in total. The van der Waals surface area contributed by atoms with E-state index in [0.717, 1.165) is 31.2 Å². The number of fused-ring (bicyclic) bond motifs is 1. The van der Waals surface area contributed by atoms with Crippen LogP contribution in [0.3, 0.4) is 0 Å². The standard InChI is InChI=1S/C25H35ClO4/c26-20-15-16-22-21(17-20)25(30-24(29-22)23(27)28,18-11-7-3-1-4-8-12-18)19-13-9-5-2-6-10-14-19/h15-19,24H,1-14H2,(H,27,28). The molecule has 0 spiro atoms. The molecule has 1 atom stereocenters. The Labute approximate surface area is 185 Å². The number of carboxylic acids is 1.